The summed E-state index contributed by atoms with van der Waals surface area (Å²) in [7, 11) is 0. The van der Waals surface area contributed by atoms with Crippen molar-refractivity contribution >= 4 is 39.5 Å². The van der Waals surface area contributed by atoms with Crippen LogP contribution in [-0.4, -0.2) is 10.5 Å². The number of hydrogen-bond acceptors (Lipinski definition) is 3. The van der Waals surface area contributed by atoms with Crippen LogP contribution in [0.4, 0.5) is 5.00 Å². The second-order valence-corrected chi connectivity index (χ2v) is 5.56. The predicted molar refractivity (Wildman–Crippen MR) is 86.2 cm³/mol. The van der Waals surface area contributed by atoms with Crippen molar-refractivity contribution in [2.75, 3.05) is 5.32 Å². The number of carbonyl (C=O) groups is 1. The molecule has 0 spiro atoms. The van der Waals surface area contributed by atoms with Gasteiger partial charge in [-0.15, -0.1) is 11.3 Å². The first-order valence-corrected chi connectivity index (χ1v) is 7.50. The Hall–Kier alpha value is -2.91. The quantitative estimate of drug-likeness (QED) is 0.753. The predicted octanol–water partition coefficient (Wildman–Crippen LogP) is 2.60. The molecule has 1 aromatic carbocycles. The molecule has 0 aliphatic carbocycles. The van der Waals surface area contributed by atoms with Crippen LogP contribution in [0.25, 0.3) is 17.2 Å². The van der Waals surface area contributed by atoms with Crippen LogP contribution in [0, 0.1) is 11.3 Å². The number of para-hydroxylation sites is 2. The van der Waals surface area contributed by atoms with Gasteiger partial charge in [0.2, 0.25) is 6.33 Å². The van der Waals surface area contributed by atoms with Gasteiger partial charge in [-0.25, -0.2) is 9.13 Å². The molecular formula is C16H13N4OS+. The van der Waals surface area contributed by atoms with E-state index in [-0.39, 0.29) is 12.5 Å². The van der Waals surface area contributed by atoms with Gasteiger partial charge in [-0.2, -0.15) is 5.26 Å². The molecule has 5 nitrogen and oxygen atoms in total. The van der Waals surface area contributed by atoms with Gasteiger partial charge in [0.15, 0.2) is 17.6 Å². The van der Waals surface area contributed by atoms with Gasteiger partial charge in [-0.05, 0) is 23.6 Å². The van der Waals surface area contributed by atoms with Crippen LogP contribution in [0.2, 0.25) is 0 Å². The third kappa shape index (κ3) is 2.50. The molecule has 0 aliphatic rings. The number of amides is 1. The first kappa shape index (κ1) is 14.0. The molecule has 6 heteroatoms. The van der Waals surface area contributed by atoms with Crippen molar-refractivity contribution < 1.29 is 9.36 Å². The van der Waals surface area contributed by atoms with E-state index in [1.807, 2.05) is 39.7 Å². The molecule has 0 unspecified atom stereocenters. The molecule has 2 aromatic heterocycles. The van der Waals surface area contributed by atoms with Gasteiger partial charge in [0, 0.05) is 0 Å². The number of carbonyl (C=O) groups excluding carboxylic acids is 1. The van der Waals surface area contributed by atoms with Crippen LogP contribution >= 0.6 is 11.3 Å². The average molecular weight is 309 g/mol. The molecule has 0 atom stereocenters. The minimum Gasteiger partial charge on any atom is -0.313 e. The Morgan fingerprint density at radius 1 is 1.45 bits per heavy atom. The highest BCUT2D eigenvalue weighted by Gasteiger charge is 2.17. The summed E-state index contributed by atoms with van der Waals surface area (Å²) in [6, 6.07) is 11.5. The van der Waals surface area contributed by atoms with Crippen molar-refractivity contribution in [2.45, 2.75) is 6.54 Å². The van der Waals surface area contributed by atoms with Crippen LogP contribution < -0.4 is 9.88 Å². The first-order valence-electron chi connectivity index (χ1n) is 6.62. The Morgan fingerprint density at radius 3 is 3.05 bits per heavy atom. The Bertz CT molecular complexity index is 900. The number of thiophene rings is 1. The van der Waals surface area contributed by atoms with Gasteiger partial charge < -0.3 is 5.32 Å². The average Bonchev–Trinajstić information content (AvgIpc) is 3.12. The van der Waals surface area contributed by atoms with Gasteiger partial charge in [0.1, 0.15) is 11.1 Å². The van der Waals surface area contributed by atoms with E-state index < -0.39 is 0 Å². The summed E-state index contributed by atoms with van der Waals surface area (Å²) in [5.74, 6) is -0.170. The van der Waals surface area contributed by atoms with E-state index in [1.165, 1.54) is 11.3 Å². The fourth-order valence-electron chi connectivity index (χ4n) is 2.29. The number of nitrogens with one attached hydrogen (secondary N) is 1. The highest BCUT2D eigenvalue weighted by atomic mass is 32.1. The Balaban J connectivity index is 1.86. The Labute approximate surface area is 131 Å². The van der Waals surface area contributed by atoms with E-state index in [1.54, 1.807) is 17.6 Å². The lowest BCUT2D eigenvalue weighted by Gasteiger charge is -2.01. The molecule has 22 heavy (non-hydrogen) atoms. The van der Waals surface area contributed by atoms with Crippen LogP contribution in [-0.2, 0) is 11.3 Å². The fraction of sp³-hybridized carbons (Fsp3) is 0.0625. The summed E-state index contributed by atoms with van der Waals surface area (Å²) in [5, 5.41) is 14.1. The minimum atomic E-state index is -0.170. The summed E-state index contributed by atoms with van der Waals surface area (Å²) in [4.78, 5) is 12.2. The third-order valence-corrected chi connectivity index (χ3v) is 4.11. The Morgan fingerprint density at radius 2 is 2.27 bits per heavy atom. The van der Waals surface area contributed by atoms with Gasteiger partial charge in [0.05, 0.1) is 11.8 Å². The summed E-state index contributed by atoms with van der Waals surface area (Å²) in [6.07, 6.45) is 3.53. The van der Waals surface area contributed by atoms with Crippen LogP contribution in [0.5, 0.6) is 0 Å². The monoisotopic (exact) mass is 309 g/mol. The van der Waals surface area contributed by atoms with E-state index in [4.69, 9.17) is 5.26 Å². The number of rotatable bonds is 4. The highest BCUT2D eigenvalue weighted by Crippen LogP contribution is 2.21. The highest BCUT2D eigenvalue weighted by molar-refractivity contribution is 7.14. The summed E-state index contributed by atoms with van der Waals surface area (Å²) in [5.41, 5.74) is 2.42. The molecule has 0 radical (unpaired) electrons. The summed E-state index contributed by atoms with van der Waals surface area (Å²) in [6.45, 7) is 3.94. The zero-order valence-electron chi connectivity index (χ0n) is 11.7. The maximum Gasteiger partial charge on any atom is 0.267 e. The molecule has 0 aliphatic heterocycles. The van der Waals surface area contributed by atoms with E-state index >= 15 is 0 Å². The molecule has 2 heterocycles. The number of nitrogens with zero attached hydrogens (tertiary/aromatic N) is 3. The maximum absolute atomic E-state index is 12.2. The molecule has 108 valence electrons. The lowest BCUT2D eigenvalue weighted by atomic mass is 10.3. The molecule has 3 aromatic rings. The molecule has 3 rings (SSSR count). The lowest BCUT2D eigenvalue weighted by Crippen LogP contribution is -2.39. The van der Waals surface area contributed by atoms with Gasteiger partial charge >= 0.3 is 0 Å². The maximum atomic E-state index is 12.2. The lowest BCUT2D eigenvalue weighted by molar-refractivity contribution is -0.658. The largest absolute Gasteiger partial charge is 0.313 e. The molecule has 1 amide bonds. The molecule has 0 saturated heterocycles. The van der Waals surface area contributed by atoms with E-state index in [2.05, 4.69) is 18.0 Å². The SMILES string of the molecule is C=Cn1c[n+](CC(=O)Nc2sccc2C#N)c2ccccc21. The van der Waals surface area contributed by atoms with Gasteiger partial charge in [-0.3, -0.25) is 4.79 Å². The molecule has 0 saturated carbocycles. The smallest absolute Gasteiger partial charge is 0.267 e. The number of aromatic nitrogens is 2. The first-order chi connectivity index (χ1) is 10.7. The Kier molecular flexibility index (Phi) is 3.73. The second-order valence-electron chi connectivity index (χ2n) is 4.65. The molecular weight excluding hydrogens is 296 g/mol. The normalized spacial score (nSPS) is 10.3. The summed E-state index contributed by atoms with van der Waals surface area (Å²) < 4.78 is 3.72. The van der Waals surface area contributed by atoms with Crippen molar-refractivity contribution in [2.24, 2.45) is 0 Å². The number of nitriles is 1. The third-order valence-electron chi connectivity index (χ3n) is 3.28. The fourth-order valence-corrected chi connectivity index (χ4v) is 3.04. The van der Waals surface area contributed by atoms with Crippen molar-refractivity contribution in [1.29, 1.82) is 5.26 Å². The molecule has 0 bridgehead atoms. The second kappa shape index (κ2) is 5.84. The van der Waals surface area contributed by atoms with Crippen LogP contribution in [0.1, 0.15) is 5.56 Å². The van der Waals surface area contributed by atoms with E-state index in [0.29, 0.717) is 10.6 Å². The number of imidazole rings is 1. The summed E-state index contributed by atoms with van der Waals surface area (Å²) >= 11 is 1.34. The van der Waals surface area contributed by atoms with Crippen LogP contribution in [0.15, 0.2) is 48.6 Å². The topological polar surface area (TPSA) is 61.7 Å². The molecule has 1 N–H and O–H groups in total. The number of benzene rings is 1. The van der Waals surface area contributed by atoms with Crippen molar-refractivity contribution in [3.8, 4) is 6.07 Å². The van der Waals surface area contributed by atoms with E-state index in [9.17, 15) is 4.79 Å². The molecule has 0 fully saturated rings. The van der Waals surface area contributed by atoms with E-state index in [0.717, 1.165) is 11.0 Å². The minimum absolute atomic E-state index is 0.170. The van der Waals surface area contributed by atoms with Gasteiger partial charge in [-0.1, -0.05) is 18.7 Å². The number of hydrogen-bond donors (Lipinski definition) is 1. The number of fused-ring (bicyclic) bond motifs is 1. The van der Waals surface area contributed by atoms with Gasteiger partial charge in [0.25, 0.3) is 5.91 Å². The van der Waals surface area contributed by atoms with Crippen molar-refractivity contribution in [3.63, 3.8) is 0 Å². The van der Waals surface area contributed by atoms with Crippen molar-refractivity contribution in [1.82, 2.24) is 4.57 Å². The number of anilines is 1. The zero-order valence-corrected chi connectivity index (χ0v) is 12.5. The standard InChI is InChI=1S/C16H12N4OS/c1-2-19-11-20(14-6-4-3-5-13(14)19)10-15(21)18-16-12(9-17)7-8-22-16/h2-8,11H,1,10H2/p+1. The van der Waals surface area contributed by atoms with Crippen LogP contribution in [0.3, 0.4) is 0 Å². The van der Waals surface area contributed by atoms with Crippen molar-refractivity contribution in [3.05, 3.63) is 54.2 Å². The zero-order chi connectivity index (χ0) is 15.5.